The molecule has 0 aliphatic carbocycles. The van der Waals surface area contributed by atoms with E-state index in [1.165, 1.54) is 0 Å². The minimum absolute atomic E-state index is 0.172. The van der Waals surface area contributed by atoms with E-state index >= 15 is 0 Å². The molecule has 4 aromatic rings. The molecule has 0 aliphatic rings. The van der Waals surface area contributed by atoms with Crippen LogP contribution in [0.4, 0.5) is 16.3 Å². The van der Waals surface area contributed by atoms with Crippen molar-refractivity contribution in [2.45, 2.75) is 6.54 Å². The molecular weight excluding hydrogens is 368 g/mol. The van der Waals surface area contributed by atoms with Crippen molar-refractivity contribution in [2.24, 2.45) is 0 Å². The molecule has 4 N–H and O–H groups in total. The van der Waals surface area contributed by atoms with Crippen LogP contribution in [0.15, 0.2) is 67.1 Å². The van der Waals surface area contributed by atoms with Crippen LogP contribution >= 0.6 is 0 Å². The number of benzene rings is 2. The van der Waals surface area contributed by atoms with E-state index in [1.807, 2.05) is 48.0 Å². The van der Waals surface area contributed by atoms with Crippen LogP contribution in [0.25, 0.3) is 16.9 Å². The monoisotopic (exact) mass is 388 g/mol. The van der Waals surface area contributed by atoms with Crippen LogP contribution in [0.5, 0.6) is 5.75 Å². The second-order valence-corrected chi connectivity index (χ2v) is 6.42. The molecule has 0 fully saturated rings. The number of nitrogens with one attached hydrogen (secondary N) is 3. The van der Waals surface area contributed by atoms with Crippen LogP contribution in [0.2, 0.25) is 0 Å². The molecule has 0 unspecified atom stereocenters. The zero-order chi connectivity index (χ0) is 20.2. The average molecular weight is 388 g/mol. The molecule has 8 heteroatoms. The summed E-state index contributed by atoms with van der Waals surface area (Å²) in [7, 11) is 1.81. The van der Waals surface area contributed by atoms with Gasteiger partial charge in [0, 0.05) is 37.2 Å². The molecule has 0 saturated heterocycles. The fraction of sp³-hybridized carbons (Fsp3) is 0.0952. The van der Waals surface area contributed by atoms with Crippen LogP contribution in [-0.4, -0.2) is 32.6 Å². The van der Waals surface area contributed by atoms with Gasteiger partial charge in [0.25, 0.3) is 0 Å². The number of phenolic OH excluding ortho intramolecular Hbond substituents is 1. The fourth-order valence-electron chi connectivity index (χ4n) is 3.06. The summed E-state index contributed by atoms with van der Waals surface area (Å²) in [5, 5.41) is 18.1. The van der Waals surface area contributed by atoms with Crippen LogP contribution in [0, 0.1) is 0 Å². The number of phenols is 1. The van der Waals surface area contributed by atoms with E-state index < -0.39 is 0 Å². The van der Waals surface area contributed by atoms with Gasteiger partial charge < -0.3 is 21.1 Å². The van der Waals surface area contributed by atoms with Crippen molar-refractivity contribution < 1.29 is 9.90 Å². The van der Waals surface area contributed by atoms with E-state index in [0.717, 1.165) is 22.5 Å². The Morgan fingerprint density at radius 3 is 2.72 bits per heavy atom. The van der Waals surface area contributed by atoms with Gasteiger partial charge >= 0.3 is 6.03 Å². The average Bonchev–Trinajstić information content (AvgIpc) is 3.17. The van der Waals surface area contributed by atoms with Crippen LogP contribution in [0.3, 0.4) is 0 Å². The van der Waals surface area contributed by atoms with E-state index in [2.05, 4.69) is 25.9 Å². The molecule has 0 bridgehead atoms. The van der Waals surface area contributed by atoms with Crippen molar-refractivity contribution in [3.8, 4) is 17.0 Å². The first-order chi connectivity index (χ1) is 14.1. The third-order valence-corrected chi connectivity index (χ3v) is 4.47. The number of rotatable bonds is 5. The van der Waals surface area contributed by atoms with Crippen molar-refractivity contribution in [2.75, 3.05) is 17.7 Å². The summed E-state index contributed by atoms with van der Waals surface area (Å²) in [6.07, 6.45) is 5.37. The molecule has 146 valence electrons. The number of carbonyl (C=O) groups is 1. The summed E-state index contributed by atoms with van der Waals surface area (Å²) in [6, 6.07) is 14.0. The number of carbonyl (C=O) groups excluding carboxylic acids is 1. The first-order valence-electron chi connectivity index (χ1n) is 9.07. The van der Waals surface area contributed by atoms with Crippen molar-refractivity contribution in [3.63, 3.8) is 0 Å². The second-order valence-electron chi connectivity index (χ2n) is 6.42. The maximum atomic E-state index is 12.1. The van der Waals surface area contributed by atoms with Crippen molar-refractivity contribution in [1.82, 2.24) is 19.7 Å². The molecule has 2 heterocycles. The van der Waals surface area contributed by atoms with Crippen molar-refractivity contribution >= 4 is 23.2 Å². The summed E-state index contributed by atoms with van der Waals surface area (Å²) in [4.78, 5) is 20.8. The van der Waals surface area contributed by atoms with E-state index in [9.17, 15) is 9.90 Å². The molecule has 0 radical (unpaired) electrons. The summed E-state index contributed by atoms with van der Waals surface area (Å²) in [6.45, 7) is 0.321. The number of imidazole rings is 1. The highest BCUT2D eigenvalue weighted by molar-refractivity contribution is 5.89. The Bertz CT molecular complexity index is 1150. The first kappa shape index (κ1) is 18.3. The van der Waals surface area contributed by atoms with Gasteiger partial charge in [0.05, 0.1) is 11.9 Å². The molecule has 2 aromatic heterocycles. The molecule has 0 saturated carbocycles. The van der Waals surface area contributed by atoms with Crippen molar-refractivity contribution in [1.29, 1.82) is 0 Å². The lowest BCUT2D eigenvalue weighted by Crippen LogP contribution is -2.28. The Balaban J connectivity index is 1.44. The molecule has 0 aliphatic heterocycles. The minimum Gasteiger partial charge on any atom is -0.508 e. The Kier molecular flexibility index (Phi) is 4.98. The molecular formula is C21H20N6O2. The summed E-state index contributed by atoms with van der Waals surface area (Å²) in [5.74, 6) is 0.880. The largest absolute Gasteiger partial charge is 0.508 e. The predicted octanol–water partition coefficient (Wildman–Crippen LogP) is 3.47. The van der Waals surface area contributed by atoms with E-state index in [0.29, 0.717) is 18.1 Å². The second kappa shape index (κ2) is 7.89. The predicted molar refractivity (Wildman–Crippen MR) is 112 cm³/mol. The number of hydrogen-bond acceptors (Lipinski definition) is 5. The van der Waals surface area contributed by atoms with Gasteiger partial charge in [-0.3, -0.25) is 4.40 Å². The molecule has 29 heavy (non-hydrogen) atoms. The Morgan fingerprint density at radius 2 is 1.97 bits per heavy atom. The highest BCUT2D eigenvalue weighted by atomic mass is 16.3. The lowest BCUT2D eigenvalue weighted by atomic mass is 10.1. The zero-order valence-electron chi connectivity index (χ0n) is 15.8. The lowest BCUT2D eigenvalue weighted by Gasteiger charge is -2.09. The number of nitrogens with zero attached hydrogens (tertiary/aromatic N) is 3. The molecule has 4 rings (SSSR count). The van der Waals surface area contributed by atoms with Gasteiger partial charge in [-0.1, -0.05) is 24.3 Å². The van der Waals surface area contributed by atoms with Crippen LogP contribution in [0.1, 0.15) is 5.56 Å². The van der Waals surface area contributed by atoms with Gasteiger partial charge in [0.15, 0.2) is 11.5 Å². The minimum atomic E-state index is -0.319. The normalized spacial score (nSPS) is 10.7. The number of fused-ring (bicyclic) bond motifs is 1. The topological polar surface area (TPSA) is 104 Å². The van der Waals surface area contributed by atoms with E-state index in [-0.39, 0.29) is 11.8 Å². The number of anilines is 2. The quantitative estimate of drug-likeness (QED) is 0.419. The number of amides is 2. The third kappa shape index (κ3) is 3.96. The summed E-state index contributed by atoms with van der Waals surface area (Å²) < 4.78 is 1.96. The lowest BCUT2D eigenvalue weighted by molar-refractivity contribution is 0.251. The smallest absolute Gasteiger partial charge is 0.319 e. The van der Waals surface area contributed by atoms with Gasteiger partial charge in [-0.05, 0) is 29.8 Å². The number of urea groups is 1. The number of aromatic hydroxyl groups is 1. The standard InChI is InChI=1S/C21H20N6O2/c1-22-19-20-24-13-18(27(20)10-9-23-19)15-5-7-16(8-6-15)26-21(29)25-12-14-3-2-4-17(28)11-14/h2-11,13,28H,12H2,1H3,(H,22,23)(H2,25,26,29). The Morgan fingerprint density at radius 1 is 1.14 bits per heavy atom. The van der Waals surface area contributed by atoms with Crippen LogP contribution in [-0.2, 0) is 6.54 Å². The van der Waals surface area contributed by atoms with Gasteiger partial charge in [-0.25, -0.2) is 14.8 Å². The summed E-state index contributed by atoms with van der Waals surface area (Å²) >= 11 is 0. The van der Waals surface area contributed by atoms with Gasteiger partial charge in [-0.15, -0.1) is 0 Å². The van der Waals surface area contributed by atoms with Crippen molar-refractivity contribution in [3.05, 3.63) is 72.7 Å². The molecule has 2 amide bonds. The Hall–Kier alpha value is -4.07. The first-order valence-corrected chi connectivity index (χ1v) is 9.07. The third-order valence-electron chi connectivity index (χ3n) is 4.47. The maximum Gasteiger partial charge on any atom is 0.319 e. The highest BCUT2D eigenvalue weighted by Crippen LogP contribution is 2.24. The number of aromatic nitrogens is 3. The van der Waals surface area contributed by atoms with Gasteiger partial charge in [0.2, 0.25) is 0 Å². The number of hydrogen-bond donors (Lipinski definition) is 4. The molecule has 2 aromatic carbocycles. The Labute approximate surface area is 167 Å². The zero-order valence-corrected chi connectivity index (χ0v) is 15.8. The fourth-order valence-corrected chi connectivity index (χ4v) is 3.06. The highest BCUT2D eigenvalue weighted by Gasteiger charge is 2.10. The SMILES string of the molecule is CNc1nccn2c(-c3ccc(NC(=O)NCc4cccc(O)c4)cc3)cnc12. The van der Waals surface area contributed by atoms with Gasteiger partial charge in [-0.2, -0.15) is 0 Å². The molecule has 0 spiro atoms. The van der Waals surface area contributed by atoms with Gasteiger partial charge in [0.1, 0.15) is 5.75 Å². The molecule has 8 nitrogen and oxygen atoms in total. The molecule has 0 atom stereocenters. The van der Waals surface area contributed by atoms with Crippen LogP contribution < -0.4 is 16.0 Å². The maximum absolute atomic E-state index is 12.1. The van der Waals surface area contributed by atoms with E-state index in [1.54, 1.807) is 30.6 Å². The van der Waals surface area contributed by atoms with E-state index in [4.69, 9.17) is 0 Å². The summed E-state index contributed by atoms with van der Waals surface area (Å²) in [5.41, 5.74) is 4.14.